The van der Waals surface area contributed by atoms with Crippen LogP contribution in [0.5, 0.6) is 11.5 Å². The number of rotatable bonds is 2. The van der Waals surface area contributed by atoms with Gasteiger partial charge in [-0.3, -0.25) is 9.59 Å². The molecule has 2 aliphatic rings. The second-order valence-corrected chi connectivity index (χ2v) is 6.93. The summed E-state index contributed by atoms with van der Waals surface area (Å²) in [6.07, 6.45) is -0.654. The SMILES string of the molecule is O=C(c1ccc(Cl)cc1)N1CCN(C(=O)[C@H]2COc3ccccc3O2)CC1. The summed E-state index contributed by atoms with van der Waals surface area (Å²) in [6.45, 7) is 2.10. The Hall–Kier alpha value is -2.73. The van der Waals surface area contributed by atoms with E-state index in [0.717, 1.165) is 0 Å². The first-order chi connectivity index (χ1) is 13.1. The number of nitrogens with zero attached hydrogens (tertiary/aromatic N) is 2. The Morgan fingerprint density at radius 1 is 0.889 bits per heavy atom. The standard InChI is InChI=1S/C20H19ClN2O4/c21-15-7-5-14(6-8-15)19(24)22-9-11-23(12-10-22)20(25)18-13-26-16-3-1-2-4-17(16)27-18/h1-8,18H,9-13H2/t18-/m1/s1. The molecule has 2 aromatic carbocycles. The molecule has 2 aliphatic heterocycles. The van der Waals surface area contributed by atoms with Crippen molar-refractivity contribution in [2.75, 3.05) is 32.8 Å². The van der Waals surface area contributed by atoms with Crippen LogP contribution in [0.15, 0.2) is 48.5 Å². The number of carbonyl (C=O) groups excluding carboxylic acids is 2. The van der Waals surface area contributed by atoms with Crippen molar-refractivity contribution >= 4 is 23.4 Å². The van der Waals surface area contributed by atoms with Gasteiger partial charge in [0.15, 0.2) is 11.5 Å². The minimum Gasteiger partial charge on any atom is -0.485 e. The van der Waals surface area contributed by atoms with Crippen molar-refractivity contribution in [1.29, 1.82) is 0 Å². The molecule has 7 heteroatoms. The van der Waals surface area contributed by atoms with Crippen LogP contribution in [-0.4, -0.2) is 60.5 Å². The van der Waals surface area contributed by atoms with Crippen molar-refractivity contribution < 1.29 is 19.1 Å². The molecule has 27 heavy (non-hydrogen) atoms. The van der Waals surface area contributed by atoms with Gasteiger partial charge in [-0.1, -0.05) is 23.7 Å². The lowest BCUT2D eigenvalue weighted by Gasteiger charge is -2.37. The van der Waals surface area contributed by atoms with Gasteiger partial charge in [0.05, 0.1) is 0 Å². The number of hydrogen-bond acceptors (Lipinski definition) is 4. The van der Waals surface area contributed by atoms with E-state index in [9.17, 15) is 9.59 Å². The molecule has 0 aliphatic carbocycles. The molecular formula is C20H19ClN2O4. The Morgan fingerprint density at radius 2 is 1.52 bits per heavy atom. The van der Waals surface area contributed by atoms with E-state index < -0.39 is 6.10 Å². The van der Waals surface area contributed by atoms with Gasteiger partial charge in [0.1, 0.15) is 6.61 Å². The summed E-state index contributed by atoms with van der Waals surface area (Å²) < 4.78 is 11.4. The molecule has 2 amide bonds. The van der Waals surface area contributed by atoms with Crippen molar-refractivity contribution in [2.45, 2.75) is 6.10 Å². The van der Waals surface area contributed by atoms with Gasteiger partial charge < -0.3 is 19.3 Å². The molecule has 1 saturated heterocycles. The van der Waals surface area contributed by atoms with Crippen LogP contribution in [0.4, 0.5) is 0 Å². The number of para-hydroxylation sites is 2. The molecule has 140 valence electrons. The molecule has 0 N–H and O–H groups in total. The van der Waals surface area contributed by atoms with Gasteiger partial charge in [0.2, 0.25) is 6.10 Å². The van der Waals surface area contributed by atoms with E-state index in [2.05, 4.69) is 0 Å². The number of halogens is 1. The first-order valence-electron chi connectivity index (χ1n) is 8.84. The van der Waals surface area contributed by atoms with Gasteiger partial charge in [-0.25, -0.2) is 0 Å². The van der Waals surface area contributed by atoms with Crippen LogP contribution in [0, 0.1) is 0 Å². The van der Waals surface area contributed by atoms with E-state index in [1.165, 1.54) is 0 Å². The Morgan fingerprint density at radius 3 is 2.22 bits per heavy atom. The minimum absolute atomic E-state index is 0.0510. The lowest BCUT2D eigenvalue weighted by atomic mass is 10.1. The van der Waals surface area contributed by atoms with Crippen molar-refractivity contribution in [3.05, 3.63) is 59.1 Å². The summed E-state index contributed by atoms with van der Waals surface area (Å²) in [5.74, 6) is 1.08. The quantitative estimate of drug-likeness (QED) is 0.795. The van der Waals surface area contributed by atoms with E-state index in [1.807, 2.05) is 18.2 Å². The van der Waals surface area contributed by atoms with Crippen molar-refractivity contribution in [3.8, 4) is 11.5 Å². The highest BCUT2D eigenvalue weighted by atomic mass is 35.5. The lowest BCUT2D eigenvalue weighted by molar-refractivity contribution is -0.142. The molecule has 6 nitrogen and oxygen atoms in total. The number of carbonyl (C=O) groups is 2. The smallest absolute Gasteiger partial charge is 0.267 e. The normalized spacial score (nSPS) is 18.9. The highest BCUT2D eigenvalue weighted by molar-refractivity contribution is 6.30. The fourth-order valence-electron chi connectivity index (χ4n) is 3.25. The number of ether oxygens (including phenoxy) is 2. The van der Waals surface area contributed by atoms with Gasteiger partial charge in [-0.2, -0.15) is 0 Å². The fourth-order valence-corrected chi connectivity index (χ4v) is 3.38. The molecule has 0 saturated carbocycles. The molecule has 0 bridgehead atoms. The molecule has 1 fully saturated rings. The number of amides is 2. The Kier molecular flexibility index (Phi) is 4.90. The number of piperazine rings is 1. The monoisotopic (exact) mass is 386 g/mol. The summed E-state index contributed by atoms with van der Waals surface area (Å²) in [7, 11) is 0. The third-order valence-corrected chi connectivity index (χ3v) is 5.01. The van der Waals surface area contributed by atoms with Gasteiger partial charge in [-0.05, 0) is 36.4 Å². The molecule has 2 aromatic rings. The molecule has 0 spiro atoms. The van der Waals surface area contributed by atoms with Crippen molar-refractivity contribution in [2.24, 2.45) is 0 Å². The van der Waals surface area contributed by atoms with Crippen LogP contribution in [0.25, 0.3) is 0 Å². The van der Waals surface area contributed by atoms with E-state index >= 15 is 0 Å². The fraction of sp³-hybridized carbons (Fsp3) is 0.300. The topological polar surface area (TPSA) is 59.1 Å². The number of benzene rings is 2. The van der Waals surface area contributed by atoms with Crippen LogP contribution in [-0.2, 0) is 4.79 Å². The number of hydrogen-bond donors (Lipinski definition) is 0. The van der Waals surface area contributed by atoms with E-state index in [0.29, 0.717) is 48.3 Å². The maximum Gasteiger partial charge on any atom is 0.267 e. The Labute approximate surface area is 162 Å². The largest absolute Gasteiger partial charge is 0.485 e. The minimum atomic E-state index is -0.654. The summed E-state index contributed by atoms with van der Waals surface area (Å²) in [6, 6.07) is 14.1. The van der Waals surface area contributed by atoms with Gasteiger partial charge in [-0.15, -0.1) is 0 Å². The van der Waals surface area contributed by atoms with Crippen LogP contribution >= 0.6 is 11.6 Å². The maximum atomic E-state index is 12.7. The third-order valence-electron chi connectivity index (χ3n) is 4.75. The summed E-state index contributed by atoms with van der Waals surface area (Å²) in [5, 5.41) is 0.596. The van der Waals surface area contributed by atoms with Crippen LogP contribution in [0.3, 0.4) is 0 Å². The first-order valence-corrected chi connectivity index (χ1v) is 9.22. The van der Waals surface area contributed by atoms with Crippen LogP contribution < -0.4 is 9.47 Å². The molecule has 4 rings (SSSR count). The summed E-state index contributed by atoms with van der Waals surface area (Å²) in [5.41, 5.74) is 0.597. The van der Waals surface area contributed by atoms with Gasteiger partial charge in [0, 0.05) is 36.8 Å². The number of fused-ring (bicyclic) bond motifs is 1. The van der Waals surface area contributed by atoms with Crippen molar-refractivity contribution in [1.82, 2.24) is 9.80 Å². The van der Waals surface area contributed by atoms with Crippen LogP contribution in [0.1, 0.15) is 10.4 Å². The molecule has 2 heterocycles. The first kappa shape index (κ1) is 17.7. The predicted octanol–water partition coefficient (Wildman–Crippen LogP) is 2.46. The zero-order valence-corrected chi connectivity index (χ0v) is 15.4. The summed E-state index contributed by atoms with van der Waals surface area (Å²) in [4.78, 5) is 28.8. The maximum absolute atomic E-state index is 12.7. The van der Waals surface area contributed by atoms with Gasteiger partial charge >= 0.3 is 0 Å². The molecular weight excluding hydrogens is 368 g/mol. The third kappa shape index (κ3) is 3.71. The van der Waals surface area contributed by atoms with Crippen LogP contribution in [0.2, 0.25) is 5.02 Å². The second kappa shape index (κ2) is 7.48. The predicted molar refractivity (Wildman–Crippen MR) is 100 cm³/mol. The average molecular weight is 387 g/mol. The zero-order valence-electron chi connectivity index (χ0n) is 14.6. The molecule has 0 radical (unpaired) electrons. The highest BCUT2D eigenvalue weighted by Crippen LogP contribution is 2.31. The van der Waals surface area contributed by atoms with E-state index in [4.69, 9.17) is 21.1 Å². The van der Waals surface area contributed by atoms with E-state index in [-0.39, 0.29) is 18.4 Å². The van der Waals surface area contributed by atoms with E-state index in [1.54, 1.807) is 40.1 Å². The molecule has 1 atom stereocenters. The summed E-state index contributed by atoms with van der Waals surface area (Å²) >= 11 is 5.87. The van der Waals surface area contributed by atoms with Crippen molar-refractivity contribution in [3.63, 3.8) is 0 Å². The Balaban J connectivity index is 1.34. The lowest BCUT2D eigenvalue weighted by Crippen LogP contribution is -2.55. The second-order valence-electron chi connectivity index (χ2n) is 6.49. The Bertz CT molecular complexity index is 847. The molecule has 0 unspecified atom stereocenters. The van der Waals surface area contributed by atoms with Gasteiger partial charge in [0.25, 0.3) is 11.8 Å². The zero-order chi connectivity index (χ0) is 18.8. The highest BCUT2D eigenvalue weighted by Gasteiger charge is 2.33. The molecule has 0 aromatic heterocycles. The average Bonchev–Trinajstić information content (AvgIpc) is 2.73.